The lowest BCUT2D eigenvalue weighted by Gasteiger charge is -2.42. The Morgan fingerprint density at radius 3 is 2.62 bits per heavy atom. The summed E-state index contributed by atoms with van der Waals surface area (Å²) in [6.07, 6.45) is 9.71. The van der Waals surface area contributed by atoms with Crippen LogP contribution < -0.4 is 10.1 Å². The molecule has 7 heteroatoms. The summed E-state index contributed by atoms with van der Waals surface area (Å²) in [7, 11) is 1.62. The number of aromatic nitrogens is 2. The highest BCUT2D eigenvalue weighted by molar-refractivity contribution is 6.32. The smallest absolute Gasteiger partial charge is 0.119 e. The third-order valence-corrected chi connectivity index (χ3v) is 7.62. The second-order valence-corrected chi connectivity index (χ2v) is 9.74. The van der Waals surface area contributed by atoms with Crippen LogP contribution in [0.5, 0.6) is 5.75 Å². The van der Waals surface area contributed by atoms with Gasteiger partial charge in [-0.3, -0.25) is 9.97 Å². The minimum absolute atomic E-state index is 0.211. The number of hydrogen-bond donors (Lipinski definition) is 3. The van der Waals surface area contributed by atoms with E-state index < -0.39 is 12.2 Å². The van der Waals surface area contributed by atoms with E-state index in [0.717, 1.165) is 62.5 Å². The summed E-state index contributed by atoms with van der Waals surface area (Å²) in [6, 6.07) is 9.66. The normalized spacial score (nSPS) is 17.4. The summed E-state index contributed by atoms with van der Waals surface area (Å²) in [4.78, 5) is 8.47. The Kier molecular flexibility index (Phi) is 8.37. The number of benzene rings is 1. The number of pyridine rings is 2. The van der Waals surface area contributed by atoms with E-state index in [-0.39, 0.29) is 5.41 Å². The van der Waals surface area contributed by atoms with Crippen molar-refractivity contribution in [1.82, 2.24) is 15.3 Å². The summed E-state index contributed by atoms with van der Waals surface area (Å²) in [5.74, 6) is 0.699. The van der Waals surface area contributed by atoms with Crippen molar-refractivity contribution in [3.63, 3.8) is 0 Å². The van der Waals surface area contributed by atoms with Crippen LogP contribution in [-0.4, -0.2) is 46.5 Å². The monoisotopic (exact) mass is 483 g/mol. The topological polar surface area (TPSA) is 87.5 Å². The van der Waals surface area contributed by atoms with Gasteiger partial charge in [-0.05, 0) is 99.3 Å². The number of methoxy groups -OCH3 is 1. The maximum atomic E-state index is 11.3. The SMILES string of the molecule is COc1ccc2ncc(Cl)c([C@H](O)CCC3([C@@H](O)CCCc4ccncc4)CCNCC3)c2c1. The minimum atomic E-state index is -0.749. The number of aliphatic hydroxyl groups excluding tert-OH is 2. The number of fused-ring (bicyclic) bond motifs is 1. The van der Waals surface area contributed by atoms with E-state index in [1.165, 1.54) is 5.56 Å². The molecular weight excluding hydrogens is 450 g/mol. The molecule has 182 valence electrons. The van der Waals surface area contributed by atoms with Crippen molar-refractivity contribution in [2.24, 2.45) is 5.41 Å². The van der Waals surface area contributed by atoms with Crippen molar-refractivity contribution in [3.8, 4) is 5.75 Å². The highest BCUT2D eigenvalue weighted by Crippen LogP contribution is 2.43. The van der Waals surface area contributed by atoms with Gasteiger partial charge in [-0.25, -0.2) is 0 Å². The second kappa shape index (κ2) is 11.5. The molecule has 0 aliphatic carbocycles. The highest BCUT2D eigenvalue weighted by Gasteiger charge is 2.39. The standard InChI is InChI=1S/C27H34ClN3O3/c1-34-20-5-6-23-21(17-20)26(22(28)18-31-23)24(32)7-10-27(11-15-30-16-12-27)25(33)4-2-3-19-8-13-29-14-9-19/h5-6,8-9,13-14,17-18,24-25,30,32-33H,2-4,7,10-12,15-16H2,1H3/t24-,25+/m1/s1. The molecule has 1 saturated heterocycles. The van der Waals surface area contributed by atoms with Gasteiger partial charge in [0.25, 0.3) is 0 Å². The number of nitrogens with one attached hydrogen (secondary N) is 1. The fourth-order valence-corrected chi connectivity index (χ4v) is 5.51. The lowest BCUT2D eigenvalue weighted by Crippen LogP contribution is -2.44. The zero-order valence-electron chi connectivity index (χ0n) is 19.7. The van der Waals surface area contributed by atoms with Crippen molar-refractivity contribution < 1.29 is 14.9 Å². The highest BCUT2D eigenvalue weighted by atomic mass is 35.5. The molecule has 2 aromatic heterocycles. The van der Waals surface area contributed by atoms with Gasteiger partial charge in [-0.2, -0.15) is 0 Å². The molecular formula is C27H34ClN3O3. The van der Waals surface area contributed by atoms with Gasteiger partial charge in [-0.1, -0.05) is 11.6 Å². The van der Waals surface area contributed by atoms with Crippen LogP contribution in [0.1, 0.15) is 55.8 Å². The molecule has 2 atom stereocenters. The Morgan fingerprint density at radius 1 is 1.12 bits per heavy atom. The molecule has 6 nitrogen and oxygen atoms in total. The molecule has 0 radical (unpaired) electrons. The lowest BCUT2D eigenvalue weighted by molar-refractivity contribution is -0.0209. The molecule has 0 spiro atoms. The molecule has 34 heavy (non-hydrogen) atoms. The Morgan fingerprint density at radius 2 is 1.88 bits per heavy atom. The van der Waals surface area contributed by atoms with Crippen molar-refractivity contribution >= 4 is 22.5 Å². The van der Waals surface area contributed by atoms with Gasteiger partial charge < -0.3 is 20.3 Å². The van der Waals surface area contributed by atoms with Crippen LogP contribution in [0.15, 0.2) is 48.9 Å². The minimum Gasteiger partial charge on any atom is -0.497 e. The summed E-state index contributed by atoms with van der Waals surface area (Å²) < 4.78 is 5.37. The van der Waals surface area contributed by atoms with Gasteiger partial charge in [0, 0.05) is 29.5 Å². The maximum absolute atomic E-state index is 11.3. The Hall–Kier alpha value is -2.25. The number of ether oxygens (including phenoxy) is 1. The first-order chi connectivity index (χ1) is 16.5. The zero-order valence-corrected chi connectivity index (χ0v) is 20.5. The number of hydrogen-bond acceptors (Lipinski definition) is 6. The van der Waals surface area contributed by atoms with Gasteiger partial charge in [0.15, 0.2) is 0 Å². The molecule has 3 heterocycles. The molecule has 1 aliphatic heterocycles. The molecule has 1 aromatic carbocycles. The molecule has 1 aliphatic rings. The van der Waals surface area contributed by atoms with Crippen molar-refractivity contribution in [3.05, 3.63) is 65.1 Å². The average Bonchev–Trinajstić information content (AvgIpc) is 2.88. The van der Waals surface area contributed by atoms with E-state index in [0.29, 0.717) is 22.8 Å². The van der Waals surface area contributed by atoms with Crippen molar-refractivity contribution in [2.75, 3.05) is 20.2 Å². The fourth-order valence-electron chi connectivity index (χ4n) is 5.23. The Labute approximate surface area is 206 Å². The molecule has 0 amide bonds. The van der Waals surface area contributed by atoms with Crippen LogP contribution in [-0.2, 0) is 6.42 Å². The van der Waals surface area contributed by atoms with E-state index in [2.05, 4.69) is 15.3 Å². The molecule has 0 unspecified atom stereocenters. The number of piperidine rings is 1. The largest absolute Gasteiger partial charge is 0.497 e. The van der Waals surface area contributed by atoms with Gasteiger partial charge in [0.05, 0.1) is 29.9 Å². The summed E-state index contributed by atoms with van der Waals surface area (Å²) in [5.41, 5.74) is 2.48. The molecule has 0 bridgehead atoms. The first kappa shape index (κ1) is 24.9. The Balaban J connectivity index is 1.47. The van der Waals surface area contributed by atoms with Gasteiger partial charge in [0.1, 0.15) is 5.75 Å². The fraction of sp³-hybridized carbons (Fsp3) is 0.481. The van der Waals surface area contributed by atoms with Crippen LogP contribution in [0.25, 0.3) is 10.9 Å². The Bertz CT molecular complexity index is 1070. The van der Waals surface area contributed by atoms with Gasteiger partial charge in [-0.15, -0.1) is 0 Å². The molecule has 3 N–H and O–H groups in total. The molecule has 4 rings (SSSR count). The number of aliphatic hydroxyl groups is 2. The summed E-state index contributed by atoms with van der Waals surface area (Å²) in [5, 5.41) is 27.2. The predicted molar refractivity (Wildman–Crippen MR) is 135 cm³/mol. The van der Waals surface area contributed by atoms with E-state index in [1.54, 1.807) is 13.3 Å². The summed E-state index contributed by atoms with van der Waals surface area (Å²) >= 11 is 6.51. The first-order valence-corrected chi connectivity index (χ1v) is 12.5. The van der Waals surface area contributed by atoms with Crippen molar-refractivity contribution in [1.29, 1.82) is 0 Å². The predicted octanol–water partition coefficient (Wildman–Crippen LogP) is 4.86. The number of nitrogens with zero attached hydrogens (tertiary/aromatic N) is 2. The van der Waals surface area contributed by atoms with Crippen LogP contribution >= 0.6 is 11.6 Å². The van der Waals surface area contributed by atoms with E-state index in [1.807, 2.05) is 42.7 Å². The van der Waals surface area contributed by atoms with Gasteiger partial charge >= 0.3 is 0 Å². The molecule has 3 aromatic rings. The van der Waals surface area contributed by atoms with Crippen LogP contribution in [0.4, 0.5) is 0 Å². The average molecular weight is 484 g/mol. The van der Waals surface area contributed by atoms with Crippen LogP contribution in [0, 0.1) is 5.41 Å². The van der Waals surface area contributed by atoms with Crippen LogP contribution in [0.3, 0.4) is 0 Å². The molecule has 1 fully saturated rings. The maximum Gasteiger partial charge on any atom is 0.119 e. The van der Waals surface area contributed by atoms with E-state index >= 15 is 0 Å². The van der Waals surface area contributed by atoms with E-state index in [9.17, 15) is 10.2 Å². The number of halogens is 1. The third-order valence-electron chi connectivity index (χ3n) is 7.32. The quantitative estimate of drug-likeness (QED) is 0.381. The second-order valence-electron chi connectivity index (χ2n) is 9.33. The van der Waals surface area contributed by atoms with Gasteiger partial charge in [0.2, 0.25) is 0 Å². The summed E-state index contributed by atoms with van der Waals surface area (Å²) in [6.45, 7) is 1.77. The first-order valence-electron chi connectivity index (χ1n) is 12.1. The van der Waals surface area contributed by atoms with Crippen LogP contribution in [0.2, 0.25) is 5.02 Å². The molecule has 0 saturated carbocycles. The zero-order chi connectivity index (χ0) is 24.0. The number of aryl methyl sites for hydroxylation is 1. The van der Waals surface area contributed by atoms with E-state index in [4.69, 9.17) is 16.3 Å². The third kappa shape index (κ3) is 5.69. The van der Waals surface area contributed by atoms with Crippen molar-refractivity contribution in [2.45, 2.75) is 57.2 Å². The number of rotatable bonds is 10. The lowest BCUT2D eigenvalue weighted by atomic mass is 9.69.